The number of nitrogens with one attached hydrogen (secondary N) is 1. The quantitative estimate of drug-likeness (QED) is 0.915. The highest BCUT2D eigenvalue weighted by Gasteiger charge is 2.24. The molecule has 1 N–H and O–H groups in total. The Morgan fingerprint density at radius 2 is 1.76 bits per heavy atom. The maximum atomic E-state index is 3.44. The lowest BCUT2D eigenvalue weighted by molar-refractivity contribution is 0.515. The molecule has 0 aromatic heterocycles. The van der Waals surface area contributed by atoms with Crippen molar-refractivity contribution in [3.05, 3.63) is 64.7 Å². The van der Waals surface area contributed by atoms with E-state index in [2.05, 4.69) is 73.6 Å². The SMILES string of the molecule is CNC1CCN(Cc2c(C)cccc2C)c2ccccc21. The Bertz CT molecular complexity index is 613. The van der Waals surface area contributed by atoms with E-state index in [4.69, 9.17) is 0 Å². The predicted octanol–water partition coefficient (Wildman–Crippen LogP) is 3.97. The number of para-hydroxylation sites is 1. The van der Waals surface area contributed by atoms with Crippen molar-refractivity contribution in [1.82, 2.24) is 5.32 Å². The summed E-state index contributed by atoms with van der Waals surface area (Å²) in [5, 5.41) is 3.44. The van der Waals surface area contributed by atoms with Crippen molar-refractivity contribution in [1.29, 1.82) is 0 Å². The third-order valence-electron chi connectivity index (χ3n) is 4.68. The number of nitrogens with zero attached hydrogens (tertiary/aromatic N) is 1. The predicted molar refractivity (Wildman–Crippen MR) is 89.8 cm³/mol. The molecule has 0 spiro atoms. The molecular weight excluding hydrogens is 256 g/mol. The maximum absolute atomic E-state index is 3.44. The van der Waals surface area contributed by atoms with Gasteiger partial charge in [0.2, 0.25) is 0 Å². The van der Waals surface area contributed by atoms with E-state index in [0.717, 1.165) is 13.1 Å². The lowest BCUT2D eigenvalue weighted by Gasteiger charge is -2.36. The second kappa shape index (κ2) is 5.90. The fourth-order valence-corrected chi connectivity index (χ4v) is 3.38. The van der Waals surface area contributed by atoms with Gasteiger partial charge in [0, 0.05) is 24.8 Å². The second-order valence-corrected chi connectivity index (χ2v) is 5.98. The summed E-state index contributed by atoms with van der Waals surface area (Å²) in [5.74, 6) is 0. The van der Waals surface area contributed by atoms with Crippen molar-refractivity contribution >= 4 is 5.69 Å². The first-order valence-electron chi connectivity index (χ1n) is 7.77. The first kappa shape index (κ1) is 14.2. The number of benzene rings is 2. The number of fused-ring (bicyclic) bond motifs is 1. The van der Waals surface area contributed by atoms with E-state index in [1.165, 1.54) is 34.4 Å². The Hall–Kier alpha value is -1.80. The molecule has 0 aliphatic carbocycles. The Balaban J connectivity index is 1.94. The topological polar surface area (TPSA) is 15.3 Å². The van der Waals surface area contributed by atoms with Crippen LogP contribution in [0.1, 0.15) is 34.7 Å². The first-order valence-corrected chi connectivity index (χ1v) is 7.77. The summed E-state index contributed by atoms with van der Waals surface area (Å²) in [5.41, 5.74) is 7.06. The van der Waals surface area contributed by atoms with Crippen molar-refractivity contribution < 1.29 is 0 Å². The minimum atomic E-state index is 0.482. The normalized spacial score (nSPS) is 17.7. The highest BCUT2D eigenvalue weighted by molar-refractivity contribution is 5.57. The molecule has 0 bridgehead atoms. The van der Waals surface area contributed by atoms with Crippen LogP contribution in [-0.2, 0) is 6.54 Å². The fraction of sp³-hybridized carbons (Fsp3) is 0.368. The van der Waals surface area contributed by atoms with Gasteiger partial charge in [0.05, 0.1) is 0 Å². The summed E-state index contributed by atoms with van der Waals surface area (Å²) < 4.78 is 0. The van der Waals surface area contributed by atoms with Gasteiger partial charge >= 0.3 is 0 Å². The van der Waals surface area contributed by atoms with Crippen molar-refractivity contribution in [3.8, 4) is 0 Å². The van der Waals surface area contributed by atoms with Gasteiger partial charge in [0.15, 0.2) is 0 Å². The number of rotatable bonds is 3. The molecular formula is C19H24N2. The zero-order chi connectivity index (χ0) is 14.8. The molecule has 0 fully saturated rings. The van der Waals surface area contributed by atoms with Gasteiger partial charge in [0.1, 0.15) is 0 Å². The van der Waals surface area contributed by atoms with Crippen LogP contribution in [0, 0.1) is 13.8 Å². The molecule has 2 aromatic carbocycles. The van der Waals surface area contributed by atoms with Crippen molar-refractivity contribution in [3.63, 3.8) is 0 Å². The van der Waals surface area contributed by atoms with E-state index in [1.807, 2.05) is 0 Å². The van der Waals surface area contributed by atoms with E-state index in [-0.39, 0.29) is 0 Å². The second-order valence-electron chi connectivity index (χ2n) is 5.98. The Morgan fingerprint density at radius 3 is 2.48 bits per heavy atom. The van der Waals surface area contributed by atoms with E-state index in [9.17, 15) is 0 Å². The van der Waals surface area contributed by atoms with Crippen LogP contribution in [-0.4, -0.2) is 13.6 Å². The fourth-order valence-electron chi connectivity index (χ4n) is 3.38. The van der Waals surface area contributed by atoms with Crippen molar-refractivity contribution in [2.45, 2.75) is 32.9 Å². The van der Waals surface area contributed by atoms with Gasteiger partial charge in [-0.1, -0.05) is 36.4 Å². The molecule has 0 saturated heterocycles. The molecule has 1 aliphatic heterocycles. The first-order chi connectivity index (χ1) is 10.2. The van der Waals surface area contributed by atoms with Gasteiger partial charge in [-0.15, -0.1) is 0 Å². The van der Waals surface area contributed by atoms with E-state index >= 15 is 0 Å². The van der Waals surface area contributed by atoms with Gasteiger partial charge in [-0.05, 0) is 55.6 Å². The number of anilines is 1. The molecule has 0 amide bonds. The van der Waals surface area contributed by atoms with Gasteiger partial charge in [-0.2, -0.15) is 0 Å². The number of hydrogen-bond acceptors (Lipinski definition) is 2. The average Bonchev–Trinajstić information content (AvgIpc) is 2.51. The van der Waals surface area contributed by atoms with Crippen LogP contribution in [0.5, 0.6) is 0 Å². The maximum Gasteiger partial charge on any atom is 0.0434 e. The summed E-state index contributed by atoms with van der Waals surface area (Å²) in [4.78, 5) is 2.53. The summed E-state index contributed by atoms with van der Waals surface area (Å²) in [6, 6.07) is 15.9. The van der Waals surface area contributed by atoms with Crippen LogP contribution < -0.4 is 10.2 Å². The zero-order valence-corrected chi connectivity index (χ0v) is 13.2. The largest absolute Gasteiger partial charge is 0.367 e. The minimum Gasteiger partial charge on any atom is -0.367 e. The molecule has 1 atom stereocenters. The third-order valence-corrected chi connectivity index (χ3v) is 4.68. The smallest absolute Gasteiger partial charge is 0.0434 e. The van der Waals surface area contributed by atoms with Crippen LogP contribution in [0.25, 0.3) is 0 Å². The molecule has 1 unspecified atom stereocenters. The molecule has 0 saturated carbocycles. The summed E-state index contributed by atoms with van der Waals surface area (Å²) >= 11 is 0. The Labute approximate surface area is 127 Å². The van der Waals surface area contributed by atoms with Crippen LogP contribution in [0.2, 0.25) is 0 Å². The Morgan fingerprint density at radius 1 is 1.05 bits per heavy atom. The van der Waals surface area contributed by atoms with Crippen LogP contribution in [0.15, 0.2) is 42.5 Å². The van der Waals surface area contributed by atoms with E-state index in [0.29, 0.717) is 6.04 Å². The summed E-state index contributed by atoms with van der Waals surface area (Å²) in [6.45, 7) is 6.55. The van der Waals surface area contributed by atoms with Gasteiger partial charge in [-0.3, -0.25) is 0 Å². The average molecular weight is 280 g/mol. The standard InChI is InChI=1S/C19H24N2/c1-14-7-6-8-15(2)17(14)13-21-12-11-18(20-3)16-9-4-5-10-19(16)21/h4-10,18,20H,11-13H2,1-3H3. The molecule has 0 radical (unpaired) electrons. The highest BCUT2D eigenvalue weighted by Crippen LogP contribution is 2.34. The lowest BCUT2D eigenvalue weighted by atomic mass is 9.95. The van der Waals surface area contributed by atoms with Crippen LogP contribution in [0.3, 0.4) is 0 Å². The number of aryl methyl sites for hydroxylation is 2. The molecule has 1 heterocycles. The van der Waals surface area contributed by atoms with Gasteiger partial charge in [0.25, 0.3) is 0 Å². The molecule has 110 valence electrons. The Kier molecular flexibility index (Phi) is 3.98. The molecule has 3 rings (SSSR count). The summed E-state index contributed by atoms with van der Waals surface area (Å²) in [7, 11) is 2.06. The van der Waals surface area contributed by atoms with Gasteiger partial charge in [-0.25, -0.2) is 0 Å². The molecule has 2 nitrogen and oxygen atoms in total. The molecule has 1 aliphatic rings. The summed E-state index contributed by atoms with van der Waals surface area (Å²) in [6.07, 6.45) is 1.17. The molecule has 2 heteroatoms. The van der Waals surface area contributed by atoms with Gasteiger partial charge < -0.3 is 10.2 Å². The molecule has 21 heavy (non-hydrogen) atoms. The van der Waals surface area contributed by atoms with Crippen molar-refractivity contribution in [2.75, 3.05) is 18.5 Å². The monoisotopic (exact) mass is 280 g/mol. The van der Waals surface area contributed by atoms with E-state index in [1.54, 1.807) is 0 Å². The minimum absolute atomic E-state index is 0.482. The lowest BCUT2D eigenvalue weighted by Crippen LogP contribution is -2.34. The molecule has 2 aromatic rings. The third kappa shape index (κ3) is 2.68. The number of hydrogen-bond donors (Lipinski definition) is 1. The van der Waals surface area contributed by atoms with E-state index < -0.39 is 0 Å². The zero-order valence-electron chi connectivity index (χ0n) is 13.2. The highest BCUT2D eigenvalue weighted by atomic mass is 15.1. The van der Waals surface area contributed by atoms with Crippen LogP contribution in [0.4, 0.5) is 5.69 Å². The van der Waals surface area contributed by atoms with Crippen molar-refractivity contribution in [2.24, 2.45) is 0 Å². The van der Waals surface area contributed by atoms with Crippen LogP contribution >= 0.6 is 0 Å².